The number of hydrogen-bond donors (Lipinski definition) is 3. The third kappa shape index (κ3) is 6.15. The van der Waals surface area contributed by atoms with E-state index in [2.05, 4.69) is 4.52 Å². The van der Waals surface area contributed by atoms with Crippen LogP contribution in [0.5, 0.6) is 0 Å². The molecule has 0 fully saturated rings. The number of rotatable bonds is 4. The van der Waals surface area contributed by atoms with Gasteiger partial charge in [0.15, 0.2) is 6.29 Å². The van der Waals surface area contributed by atoms with E-state index in [9.17, 15) is 0 Å². The predicted molar refractivity (Wildman–Crippen MR) is 35.3 cm³/mol. The van der Waals surface area contributed by atoms with Crippen molar-refractivity contribution < 1.29 is 14.5 Å². The number of hydrogen-bond acceptors (Lipinski definition) is 4. The lowest BCUT2D eigenvalue weighted by atomic mass is 10.3. The van der Waals surface area contributed by atoms with Gasteiger partial charge in [0, 0.05) is 0 Å². The highest BCUT2D eigenvalue weighted by atomic mass is 31.2. The van der Waals surface area contributed by atoms with Crippen molar-refractivity contribution in [1.29, 1.82) is 0 Å². The maximum atomic E-state index is 8.77. The zero-order valence-electron chi connectivity index (χ0n) is 5.32. The van der Waals surface area contributed by atoms with Gasteiger partial charge in [-0.25, -0.2) is 0 Å². The van der Waals surface area contributed by atoms with E-state index in [0.29, 0.717) is 6.42 Å². The SMILES string of the molecule is CCCC(O)OP(N)O. The molecule has 0 aliphatic heterocycles. The Morgan fingerprint density at radius 2 is 2.33 bits per heavy atom. The lowest BCUT2D eigenvalue weighted by Gasteiger charge is -2.10. The molecule has 4 N–H and O–H groups in total. The van der Waals surface area contributed by atoms with Crippen LogP contribution in [0.1, 0.15) is 19.8 Å². The van der Waals surface area contributed by atoms with Crippen molar-refractivity contribution in [3.8, 4) is 0 Å². The van der Waals surface area contributed by atoms with E-state index in [1.807, 2.05) is 6.92 Å². The van der Waals surface area contributed by atoms with Crippen LogP contribution in [0.25, 0.3) is 0 Å². The number of nitrogens with two attached hydrogens (primary N) is 1. The maximum Gasteiger partial charge on any atom is 0.252 e. The first-order chi connectivity index (χ1) is 4.16. The largest absolute Gasteiger partial charge is 0.368 e. The molecule has 9 heavy (non-hydrogen) atoms. The Bertz CT molecular complexity index is 70.8. The molecule has 5 heteroatoms. The molecule has 0 aromatic carbocycles. The van der Waals surface area contributed by atoms with Crippen molar-refractivity contribution in [3.05, 3.63) is 0 Å². The van der Waals surface area contributed by atoms with Gasteiger partial charge in [0.05, 0.1) is 0 Å². The second-order valence-corrected chi connectivity index (χ2v) is 2.47. The van der Waals surface area contributed by atoms with Crippen LogP contribution >= 0.6 is 8.53 Å². The van der Waals surface area contributed by atoms with Crippen LogP contribution in [0.15, 0.2) is 0 Å². The summed E-state index contributed by atoms with van der Waals surface area (Å²) in [6.45, 7) is 1.91. The molecule has 0 aliphatic carbocycles. The summed E-state index contributed by atoms with van der Waals surface area (Å²) in [5.41, 5.74) is 4.86. The standard InChI is InChI=1S/C4H12NO3P/c1-2-3-4(6)8-9(5)7/h4,6-7H,2-3,5H2,1H3. The van der Waals surface area contributed by atoms with E-state index in [4.69, 9.17) is 15.5 Å². The zero-order chi connectivity index (χ0) is 7.28. The van der Waals surface area contributed by atoms with Crippen molar-refractivity contribution in [1.82, 2.24) is 0 Å². The quantitative estimate of drug-likeness (QED) is 0.401. The molecule has 0 spiro atoms. The Labute approximate surface area is 55.6 Å². The highest BCUT2D eigenvalue weighted by molar-refractivity contribution is 7.43. The monoisotopic (exact) mass is 153 g/mol. The summed E-state index contributed by atoms with van der Waals surface area (Å²) in [6.07, 6.45) is 0.414. The molecular weight excluding hydrogens is 141 g/mol. The summed E-state index contributed by atoms with van der Waals surface area (Å²) < 4.78 is 4.44. The third-order valence-electron chi connectivity index (χ3n) is 0.765. The first kappa shape index (κ1) is 9.27. The molecule has 0 rings (SSSR count). The highest BCUT2D eigenvalue weighted by Gasteiger charge is 2.05. The number of aliphatic hydroxyl groups is 1. The van der Waals surface area contributed by atoms with Crippen molar-refractivity contribution >= 4 is 8.53 Å². The summed E-state index contributed by atoms with van der Waals surface area (Å²) in [7, 11) is -1.90. The molecule has 0 aromatic heterocycles. The molecule has 0 bridgehead atoms. The molecule has 0 radical (unpaired) electrons. The van der Waals surface area contributed by atoms with Crippen molar-refractivity contribution in [3.63, 3.8) is 0 Å². The van der Waals surface area contributed by atoms with Crippen LogP contribution in [-0.2, 0) is 4.52 Å². The van der Waals surface area contributed by atoms with Gasteiger partial charge in [0.1, 0.15) is 0 Å². The minimum absolute atomic E-state index is 0.511. The Hall–Kier alpha value is 0.270. The molecule has 2 atom stereocenters. The van der Waals surface area contributed by atoms with Crippen molar-refractivity contribution in [2.45, 2.75) is 26.1 Å². The van der Waals surface area contributed by atoms with Crippen LogP contribution in [0, 0.1) is 0 Å². The Morgan fingerprint density at radius 1 is 1.78 bits per heavy atom. The third-order valence-corrected chi connectivity index (χ3v) is 1.22. The van der Waals surface area contributed by atoms with Gasteiger partial charge in [-0.3, -0.25) is 10.0 Å². The van der Waals surface area contributed by atoms with Crippen molar-refractivity contribution in [2.24, 2.45) is 5.50 Å². The van der Waals surface area contributed by atoms with E-state index in [-0.39, 0.29) is 0 Å². The van der Waals surface area contributed by atoms with Gasteiger partial charge in [-0.15, -0.1) is 0 Å². The van der Waals surface area contributed by atoms with Gasteiger partial charge in [0.2, 0.25) is 0 Å². The smallest absolute Gasteiger partial charge is 0.252 e. The molecular formula is C4H12NO3P. The zero-order valence-corrected chi connectivity index (χ0v) is 6.21. The predicted octanol–water partition coefficient (Wildman–Crippen LogP) is 0.299. The summed E-state index contributed by atoms with van der Waals surface area (Å²) in [5.74, 6) is 0. The fourth-order valence-electron chi connectivity index (χ4n) is 0.424. The highest BCUT2D eigenvalue weighted by Crippen LogP contribution is 2.22. The van der Waals surface area contributed by atoms with E-state index in [1.54, 1.807) is 0 Å². The lowest BCUT2D eigenvalue weighted by molar-refractivity contribution is -0.0216. The van der Waals surface area contributed by atoms with Crippen LogP contribution in [0.2, 0.25) is 0 Å². The summed E-state index contributed by atoms with van der Waals surface area (Å²) in [6, 6.07) is 0. The van der Waals surface area contributed by atoms with Crippen LogP contribution in [0.4, 0.5) is 0 Å². The molecule has 0 amide bonds. The molecule has 0 saturated carbocycles. The van der Waals surface area contributed by atoms with E-state index < -0.39 is 14.8 Å². The average molecular weight is 153 g/mol. The first-order valence-corrected chi connectivity index (χ1v) is 4.03. The molecule has 0 saturated heterocycles. The van der Waals surface area contributed by atoms with E-state index in [0.717, 1.165) is 6.42 Å². The van der Waals surface area contributed by atoms with E-state index >= 15 is 0 Å². The van der Waals surface area contributed by atoms with Gasteiger partial charge in [-0.05, 0) is 6.42 Å². The molecule has 4 nitrogen and oxygen atoms in total. The van der Waals surface area contributed by atoms with Gasteiger partial charge in [-0.1, -0.05) is 13.3 Å². The second-order valence-electron chi connectivity index (χ2n) is 1.65. The molecule has 56 valence electrons. The molecule has 0 aromatic rings. The van der Waals surface area contributed by atoms with Crippen LogP contribution in [-0.4, -0.2) is 16.3 Å². The maximum absolute atomic E-state index is 8.77. The van der Waals surface area contributed by atoms with Gasteiger partial charge < -0.3 is 10.00 Å². The number of aliphatic hydroxyl groups excluding tert-OH is 1. The minimum atomic E-state index is -1.90. The summed E-state index contributed by atoms with van der Waals surface area (Å²) in [4.78, 5) is 8.41. The second kappa shape index (κ2) is 5.09. The first-order valence-electron chi connectivity index (χ1n) is 2.75. The fraction of sp³-hybridized carbons (Fsp3) is 1.00. The molecule has 0 aliphatic rings. The van der Waals surface area contributed by atoms with Gasteiger partial charge in [0.25, 0.3) is 8.53 Å². The lowest BCUT2D eigenvalue weighted by Crippen LogP contribution is -2.09. The Morgan fingerprint density at radius 3 is 2.67 bits per heavy atom. The summed E-state index contributed by atoms with van der Waals surface area (Å²) >= 11 is 0. The molecule has 2 unspecified atom stereocenters. The molecule has 0 heterocycles. The van der Waals surface area contributed by atoms with Crippen LogP contribution in [0.3, 0.4) is 0 Å². The average Bonchev–Trinajstić information content (AvgIpc) is 1.63. The van der Waals surface area contributed by atoms with Gasteiger partial charge in [-0.2, -0.15) is 0 Å². The summed E-state index contributed by atoms with van der Waals surface area (Å²) in [5, 5.41) is 8.77. The van der Waals surface area contributed by atoms with E-state index in [1.165, 1.54) is 0 Å². The van der Waals surface area contributed by atoms with Gasteiger partial charge >= 0.3 is 0 Å². The van der Waals surface area contributed by atoms with Crippen LogP contribution < -0.4 is 5.50 Å². The normalized spacial score (nSPS) is 17.3. The Kier molecular flexibility index (Phi) is 5.24. The Balaban J connectivity index is 3.15. The fourth-order valence-corrected chi connectivity index (χ4v) is 0.779. The topological polar surface area (TPSA) is 75.7 Å². The minimum Gasteiger partial charge on any atom is -0.368 e. The van der Waals surface area contributed by atoms with Crippen molar-refractivity contribution in [2.75, 3.05) is 0 Å².